The van der Waals surface area contributed by atoms with Crippen LogP contribution in [0.3, 0.4) is 0 Å². The van der Waals surface area contributed by atoms with Crippen molar-refractivity contribution in [3.05, 3.63) is 29.8 Å². The summed E-state index contributed by atoms with van der Waals surface area (Å²) in [4.78, 5) is 12.0. The van der Waals surface area contributed by atoms with E-state index in [1.807, 2.05) is 31.2 Å². The highest BCUT2D eigenvalue weighted by molar-refractivity contribution is 5.94. The van der Waals surface area contributed by atoms with Crippen LogP contribution in [-0.2, 0) is 0 Å². The summed E-state index contributed by atoms with van der Waals surface area (Å²) in [7, 11) is 0. The largest absolute Gasteiger partial charge is 0.494 e. The molecule has 1 aliphatic rings. The average molecular weight is 276 g/mol. The first-order valence-electron chi connectivity index (χ1n) is 7.51. The van der Waals surface area contributed by atoms with E-state index in [9.17, 15) is 4.79 Å². The standard InChI is InChI=1S/C16H24N2O2/c1-2-20-15-5-3-14(4-6-15)16(19)18-12-9-13-7-10-17-11-8-13/h3-6,13,17H,2,7-12H2,1H3,(H,18,19). The Morgan fingerprint density at radius 2 is 2.00 bits per heavy atom. The van der Waals surface area contributed by atoms with Crippen LogP contribution >= 0.6 is 0 Å². The molecule has 0 spiro atoms. The van der Waals surface area contributed by atoms with Gasteiger partial charge in [0.2, 0.25) is 0 Å². The molecule has 1 saturated heterocycles. The summed E-state index contributed by atoms with van der Waals surface area (Å²) in [5.74, 6) is 1.55. The van der Waals surface area contributed by atoms with Crippen molar-refractivity contribution in [2.45, 2.75) is 26.2 Å². The normalized spacial score (nSPS) is 15.8. The topological polar surface area (TPSA) is 50.4 Å². The fourth-order valence-electron chi connectivity index (χ4n) is 2.53. The number of nitrogens with one attached hydrogen (secondary N) is 2. The molecule has 1 aromatic carbocycles. The molecule has 0 saturated carbocycles. The van der Waals surface area contributed by atoms with Crippen molar-refractivity contribution in [3.63, 3.8) is 0 Å². The van der Waals surface area contributed by atoms with Crippen LogP contribution < -0.4 is 15.4 Å². The van der Waals surface area contributed by atoms with E-state index in [0.29, 0.717) is 12.2 Å². The maximum absolute atomic E-state index is 12.0. The molecule has 1 aliphatic heterocycles. The minimum atomic E-state index is 0.00184. The van der Waals surface area contributed by atoms with Crippen molar-refractivity contribution >= 4 is 5.91 Å². The van der Waals surface area contributed by atoms with Gasteiger partial charge < -0.3 is 15.4 Å². The average Bonchev–Trinajstić information content (AvgIpc) is 2.49. The predicted molar refractivity (Wildman–Crippen MR) is 80.2 cm³/mol. The molecule has 1 fully saturated rings. The Kier molecular flexibility index (Phi) is 5.87. The first-order chi connectivity index (χ1) is 9.79. The molecular weight excluding hydrogens is 252 g/mol. The smallest absolute Gasteiger partial charge is 0.251 e. The summed E-state index contributed by atoms with van der Waals surface area (Å²) in [6.45, 7) is 5.56. The van der Waals surface area contributed by atoms with Crippen molar-refractivity contribution < 1.29 is 9.53 Å². The van der Waals surface area contributed by atoms with Crippen molar-refractivity contribution in [1.82, 2.24) is 10.6 Å². The predicted octanol–water partition coefficient (Wildman–Crippen LogP) is 2.20. The van der Waals surface area contributed by atoms with Gasteiger partial charge in [-0.1, -0.05) is 0 Å². The fraction of sp³-hybridized carbons (Fsp3) is 0.562. The summed E-state index contributed by atoms with van der Waals surface area (Å²) in [5.41, 5.74) is 0.693. The van der Waals surface area contributed by atoms with Crippen molar-refractivity contribution in [2.75, 3.05) is 26.2 Å². The Labute approximate surface area is 120 Å². The lowest BCUT2D eigenvalue weighted by molar-refractivity contribution is 0.0950. The zero-order chi connectivity index (χ0) is 14.2. The van der Waals surface area contributed by atoms with Gasteiger partial charge in [0, 0.05) is 12.1 Å². The lowest BCUT2D eigenvalue weighted by Gasteiger charge is -2.22. The molecule has 1 aromatic rings. The van der Waals surface area contributed by atoms with Crippen LogP contribution in [0.5, 0.6) is 5.75 Å². The second-order valence-electron chi connectivity index (χ2n) is 5.20. The molecule has 2 rings (SSSR count). The van der Waals surface area contributed by atoms with Crippen molar-refractivity contribution in [2.24, 2.45) is 5.92 Å². The minimum Gasteiger partial charge on any atom is -0.494 e. The molecule has 110 valence electrons. The van der Waals surface area contributed by atoms with E-state index in [1.54, 1.807) is 0 Å². The van der Waals surface area contributed by atoms with Crippen LogP contribution in [0, 0.1) is 5.92 Å². The molecule has 0 aliphatic carbocycles. The van der Waals surface area contributed by atoms with Gasteiger partial charge in [-0.25, -0.2) is 0 Å². The lowest BCUT2D eigenvalue weighted by atomic mass is 9.95. The molecule has 0 atom stereocenters. The third kappa shape index (κ3) is 4.53. The van der Waals surface area contributed by atoms with Crippen LogP contribution in [0.25, 0.3) is 0 Å². The van der Waals surface area contributed by atoms with Gasteiger partial charge in [0.1, 0.15) is 5.75 Å². The first-order valence-corrected chi connectivity index (χ1v) is 7.51. The second kappa shape index (κ2) is 7.90. The Bertz CT molecular complexity index is 411. The van der Waals surface area contributed by atoms with Crippen LogP contribution in [0.1, 0.15) is 36.5 Å². The number of carbonyl (C=O) groups is 1. The molecule has 1 heterocycles. The Morgan fingerprint density at radius 3 is 2.65 bits per heavy atom. The van der Waals surface area contributed by atoms with Gasteiger partial charge in [-0.05, 0) is 69.5 Å². The van der Waals surface area contributed by atoms with Crippen LogP contribution in [-0.4, -0.2) is 32.1 Å². The SMILES string of the molecule is CCOc1ccc(C(=O)NCCC2CCNCC2)cc1. The summed E-state index contributed by atoms with van der Waals surface area (Å²) in [6, 6.07) is 7.30. The lowest BCUT2D eigenvalue weighted by Crippen LogP contribution is -2.31. The van der Waals surface area contributed by atoms with Gasteiger partial charge in [0.05, 0.1) is 6.61 Å². The van der Waals surface area contributed by atoms with Crippen LogP contribution in [0.15, 0.2) is 24.3 Å². The third-order valence-corrected chi connectivity index (χ3v) is 3.72. The van der Waals surface area contributed by atoms with E-state index >= 15 is 0 Å². The number of amides is 1. The number of carbonyl (C=O) groups excluding carboxylic acids is 1. The Morgan fingerprint density at radius 1 is 1.30 bits per heavy atom. The van der Waals surface area contributed by atoms with Crippen LogP contribution in [0.2, 0.25) is 0 Å². The molecule has 0 bridgehead atoms. The quantitative estimate of drug-likeness (QED) is 0.837. The molecular formula is C16H24N2O2. The summed E-state index contributed by atoms with van der Waals surface area (Å²) in [5, 5.41) is 6.35. The first kappa shape index (κ1) is 14.9. The number of hydrogen-bond donors (Lipinski definition) is 2. The zero-order valence-corrected chi connectivity index (χ0v) is 12.2. The molecule has 20 heavy (non-hydrogen) atoms. The van der Waals surface area contributed by atoms with E-state index in [0.717, 1.165) is 37.7 Å². The molecule has 0 unspecified atom stereocenters. The Hall–Kier alpha value is -1.55. The van der Waals surface area contributed by atoms with E-state index in [2.05, 4.69) is 10.6 Å². The van der Waals surface area contributed by atoms with Gasteiger partial charge in [-0.3, -0.25) is 4.79 Å². The number of hydrogen-bond acceptors (Lipinski definition) is 3. The Balaban J connectivity index is 1.73. The van der Waals surface area contributed by atoms with E-state index < -0.39 is 0 Å². The van der Waals surface area contributed by atoms with Gasteiger partial charge >= 0.3 is 0 Å². The minimum absolute atomic E-state index is 0.00184. The van der Waals surface area contributed by atoms with E-state index in [-0.39, 0.29) is 5.91 Å². The highest BCUT2D eigenvalue weighted by atomic mass is 16.5. The number of piperidine rings is 1. The van der Waals surface area contributed by atoms with Crippen LogP contribution in [0.4, 0.5) is 0 Å². The van der Waals surface area contributed by atoms with E-state index in [4.69, 9.17) is 4.74 Å². The fourth-order valence-corrected chi connectivity index (χ4v) is 2.53. The molecule has 1 amide bonds. The number of ether oxygens (including phenoxy) is 1. The van der Waals surface area contributed by atoms with Crippen molar-refractivity contribution in [3.8, 4) is 5.75 Å². The summed E-state index contributed by atoms with van der Waals surface area (Å²) < 4.78 is 5.36. The highest BCUT2D eigenvalue weighted by Gasteiger charge is 2.13. The molecule has 4 heteroatoms. The molecule has 2 N–H and O–H groups in total. The maximum atomic E-state index is 12.0. The zero-order valence-electron chi connectivity index (χ0n) is 12.2. The molecule has 0 radical (unpaired) electrons. The van der Waals surface area contributed by atoms with Gasteiger partial charge in [-0.2, -0.15) is 0 Å². The number of benzene rings is 1. The molecule has 0 aromatic heterocycles. The number of rotatable bonds is 6. The maximum Gasteiger partial charge on any atom is 0.251 e. The third-order valence-electron chi connectivity index (χ3n) is 3.72. The van der Waals surface area contributed by atoms with Gasteiger partial charge in [0.25, 0.3) is 5.91 Å². The van der Waals surface area contributed by atoms with Gasteiger partial charge in [0.15, 0.2) is 0 Å². The summed E-state index contributed by atoms with van der Waals surface area (Å²) >= 11 is 0. The van der Waals surface area contributed by atoms with E-state index in [1.165, 1.54) is 12.8 Å². The van der Waals surface area contributed by atoms with Gasteiger partial charge in [-0.15, -0.1) is 0 Å². The van der Waals surface area contributed by atoms with Crippen molar-refractivity contribution in [1.29, 1.82) is 0 Å². The molecule has 4 nitrogen and oxygen atoms in total. The monoisotopic (exact) mass is 276 g/mol. The highest BCUT2D eigenvalue weighted by Crippen LogP contribution is 2.15. The second-order valence-corrected chi connectivity index (χ2v) is 5.20. The summed E-state index contributed by atoms with van der Waals surface area (Å²) in [6.07, 6.45) is 3.52.